The van der Waals surface area contributed by atoms with Gasteiger partial charge in [0.05, 0.1) is 0 Å². The molecule has 0 aromatic carbocycles. The van der Waals surface area contributed by atoms with E-state index in [1.54, 1.807) is 0 Å². The molecule has 16 heavy (non-hydrogen) atoms. The maximum absolute atomic E-state index is 5.62. The Kier molecular flexibility index (Phi) is 3.72. The highest BCUT2D eigenvalue weighted by Gasteiger charge is 2.21. The van der Waals surface area contributed by atoms with E-state index in [9.17, 15) is 0 Å². The second-order valence-electron chi connectivity index (χ2n) is 3.99. The van der Waals surface area contributed by atoms with E-state index < -0.39 is 0 Å². The van der Waals surface area contributed by atoms with Gasteiger partial charge in [0.1, 0.15) is 11.9 Å². The van der Waals surface area contributed by atoms with Crippen LogP contribution in [0.5, 0.6) is 0 Å². The molecule has 4 heteroatoms. The number of aryl methyl sites for hydroxylation is 1. The molecule has 1 atom stereocenters. The smallest absolute Gasteiger partial charge is 0.159 e. The Labute approximate surface area is 96.4 Å². The van der Waals surface area contributed by atoms with Crippen LogP contribution in [0.1, 0.15) is 44.3 Å². The molecule has 88 valence electrons. The molecule has 2 heterocycles. The second kappa shape index (κ2) is 5.25. The number of ether oxygens (including phenoxy) is 1. The van der Waals surface area contributed by atoms with E-state index in [2.05, 4.69) is 29.1 Å². The molecule has 1 aromatic heterocycles. The van der Waals surface area contributed by atoms with Crippen molar-refractivity contribution in [1.29, 1.82) is 0 Å². The van der Waals surface area contributed by atoms with E-state index in [0.717, 1.165) is 49.8 Å². The molecule has 0 saturated carbocycles. The average molecular weight is 221 g/mol. The van der Waals surface area contributed by atoms with Crippen molar-refractivity contribution in [2.24, 2.45) is 0 Å². The third kappa shape index (κ3) is 2.50. The summed E-state index contributed by atoms with van der Waals surface area (Å²) < 4.78 is 5.62. The zero-order valence-corrected chi connectivity index (χ0v) is 9.99. The Morgan fingerprint density at radius 2 is 2.31 bits per heavy atom. The maximum atomic E-state index is 5.62. The van der Waals surface area contributed by atoms with Crippen molar-refractivity contribution >= 4 is 5.82 Å². The number of hydrogen-bond donors (Lipinski definition) is 1. The van der Waals surface area contributed by atoms with Gasteiger partial charge in [0.25, 0.3) is 0 Å². The number of aromatic nitrogens is 2. The van der Waals surface area contributed by atoms with Crippen molar-refractivity contribution in [2.75, 3.05) is 18.5 Å². The normalized spacial score (nSPS) is 20.0. The summed E-state index contributed by atoms with van der Waals surface area (Å²) >= 11 is 0. The Balaban J connectivity index is 2.24. The van der Waals surface area contributed by atoms with E-state index in [1.165, 1.54) is 0 Å². The molecule has 0 bridgehead atoms. The number of rotatable bonds is 4. The van der Waals surface area contributed by atoms with E-state index >= 15 is 0 Å². The first-order valence-electron chi connectivity index (χ1n) is 6.06. The van der Waals surface area contributed by atoms with Crippen LogP contribution in [0, 0.1) is 0 Å². The van der Waals surface area contributed by atoms with Crippen molar-refractivity contribution < 1.29 is 4.74 Å². The molecule has 1 N–H and O–H groups in total. The fourth-order valence-electron chi connectivity index (χ4n) is 1.90. The minimum atomic E-state index is 0.101. The van der Waals surface area contributed by atoms with Crippen LogP contribution >= 0.6 is 0 Å². The number of hydrogen-bond acceptors (Lipinski definition) is 4. The van der Waals surface area contributed by atoms with Crippen LogP contribution in [-0.4, -0.2) is 23.1 Å². The lowest BCUT2D eigenvalue weighted by Gasteiger charge is -2.11. The Morgan fingerprint density at radius 1 is 1.44 bits per heavy atom. The maximum Gasteiger partial charge on any atom is 0.159 e. The molecule has 1 aromatic rings. The summed E-state index contributed by atoms with van der Waals surface area (Å²) in [7, 11) is 0. The molecular weight excluding hydrogens is 202 g/mol. The molecule has 1 aliphatic heterocycles. The van der Waals surface area contributed by atoms with Gasteiger partial charge in [0.2, 0.25) is 0 Å². The highest BCUT2D eigenvalue weighted by atomic mass is 16.5. The van der Waals surface area contributed by atoms with Gasteiger partial charge < -0.3 is 10.1 Å². The van der Waals surface area contributed by atoms with Crippen LogP contribution in [-0.2, 0) is 11.2 Å². The minimum absolute atomic E-state index is 0.101. The van der Waals surface area contributed by atoms with Crippen LogP contribution in [0.2, 0.25) is 0 Å². The lowest BCUT2D eigenvalue weighted by Crippen LogP contribution is -2.09. The monoisotopic (exact) mass is 221 g/mol. The number of nitrogens with one attached hydrogen (secondary N) is 1. The van der Waals surface area contributed by atoms with Gasteiger partial charge in [-0.3, -0.25) is 0 Å². The standard InChI is InChI=1S/C12H19N3O/c1-3-9-8-11(13-4-2)15-12(14-9)10-6-5-7-16-10/h8,10H,3-7H2,1-2H3,(H,13,14,15). The van der Waals surface area contributed by atoms with Crippen molar-refractivity contribution in [3.8, 4) is 0 Å². The van der Waals surface area contributed by atoms with Gasteiger partial charge in [-0.05, 0) is 26.2 Å². The lowest BCUT2D eigenvalue weighted by atomic mass is 10.2. The Bertz CT molecular complexity index is 348. The van der Waals surface area contributed by atoms with E-state index in [1.807, 2.05) is 6.07 Å². The van der Waals surface area contributed by atoms with Gasteiger partial charge >= 0.3 is 0 Å². The third-order valence-corrected chi connectivity index (χ3v) is 2.73. The molecule has 0 radical (unpaired) electrons. The highest BCUT2D eigenvalue weighted by molar-refractivity contribution is 5.36. The average Bonchev–Trinajstić information content (AvgIpc) is 2.82. The number of anilines is 1. The molecule has 1 aliphatic rings. The second-order valence-corrected chi connectivity index (χ2v) is 3.99. The molecule has 0 aliphatic carbocycles. The van der Waals surface area contributed by atoms with Crippen molar-refractivity contribution in [3.05, 3.63) is 17.6 Å². The zero-order valence-electron chi connectivity index (χ0n) is 9.99. The summed E-state index contributed by atoms with van der Waals surface area (Å²) in [5, 5.41) is 3.24. The fraction of sp³-hybridized carbons (Fsp3) is 0.667. The summed E-state index contributed by atoms with van der Waals surface area (Å²) in [5.41, 5.74) is 1.08. The Hall–Kier alpha value is -1.16. The van der Waals surface area contributed by atoms with Gasteiger partial charge in [-0.1, -0.05) is 6.92 Å². The van der Waals surface area contributed by atoms with Crippen LogP contribution in [0.3, 0.4) is 0 Å². The first kappa shape index (κ1) is 11.3. The zero-order chi connectivity index (χ0) is 11.4. The van der Waals surface area contributed by atoms with Gasteiger partial charge in [-0.2, -0.15) is 0 Å². The molecule has 0 spiro atoms. The summed E-state index contributed by atoms with van der Waals surface area (Å²) in [4.78, 5) is 9.05. The van der Waals surface area contributed by atoms with Gasteiger partial charge in [-0.25, -0.2) is 9.97 Å². The fourth-order valence-corrected chi connectivity index (χ4v) is 1.90. The van der Waals surface area contributed by atoms with Crippen LogP contribution in [0.25, 0.3) is 0 Å². The van der Waals surface area contributed by atoms with Gasteiger partial charge in [0.15, 0.2) is 5.82 Å². The van der Waals surface area contributed by atoms with E-state index in [4.69, 9.17) is 4.74 Å². The predicted octanol–water partition coefficient (Wildman–Crippen LogP) is 2.32. The summed E-state index contributed by atoms with van der Waals surface area (Å²) in [6, 6.07) is 2.02. The summed E-state index contributed by atoms with van der Waals surface area (Å²) in [6.45, 7) is 5.89. The SMILES string of the molecule is CCNc1cc(CC)nc(C2CCCO2)n1. The molecule has 2 rings (SSSR count). The number of nitrogens with zero attached hydrogens (tertiary/aromatic N) is 2. The van der Waals surface area contributed by atoms with E-state index in [0.29, 0.717) is 0 Å². The molecule has 1 unspecified atom stereocenters. The van der Waals surface area contributed by atoms with E-state index in [-0.39, 0.29) is 6.10 Å². The topological polar surface area (TPSA) is 47.0 Å². The summed E-state index contributed by atoms with van der Waals surface area (Å²) in [5.74, 6) is 1.76. The van der Waals surface area contributed by atoms with Crippen molar-refractivity contribution in [1.82, 2.24) is 9.97 Å². The molecule has 1 saturated heterocycles. The third-order valence-electron chi connectivity index (χ3n) is 2.73. The first-order chi connectivity index (χ1) is 7.83. The largest absolute Gasteiger partial charge is 0.370 e. The van der Waals surface area contributed by atoms with Gasteiger partial charge in [-0.15, -0.1) is 0 Å². The quantitative estimate of drug-likeness (QED) is 0.847. The lowest BCUT2D eigenvalue weighted by molar-refractivity contribution is 0.105. The van der Waals surface area contributed by atoms with Crippen molar-refractivity contribution in [2.45, 2.75) is 39.2 Å². The van der Waals surface area contributed by atoms with Gasteiger partial charge in [0, 0.05) is 24.9 Å². The predicted molar refractivity (Wildman–Crippen MR) is 63.5 cm³/mol. The molecule has 1 fully saturated rings. The van der Waals surface area contributed by atoms with Crippen LogP contribution in [0.4, 0.5) is 5.82 Å². The first-order valence-corrected chi connectivity index (χ1v) is 6.06. The van der Waals surface area contributed by atoms with Crippen molar-refractivity contribution in [3.63, 3.8) is 0 Å². The van der Waals surface area contributed by atoms with Crippen LogP contribution < -0.4 is 5.32 Å². The summed E-state index contributed by atoms with van der Waals surface area (Å²) in [6.07, 6.45) is 3.18. The molecule has 4 nitrogen and oxygen atoms in total. The molecule has 0 amide bonds. The highest BCUT2D eigenvalue weighted by Crippen LogP contribution is 2.26. The molecular formula is C12H19N3O. The van der Waals surface area contributed by atoms with Crippen LogP contribution in [0.15, 0.2) is 6.07 Å². The minimum Gasteiger partial charge on any atom is -0.370 e. The Morgan fingerprint density at radius 3 is 2.94 bits per heavy atom.